The van der Waals surface area contributed by atoms with Gasteiger partial charge in [-0.3, -0.25) is 9.59 Å². The molecule has 0 unspecified atom stereocenters. The van der Waals surface area contributed by atoms with Crippen molar-refractivity contribution in [1.29, 1.82) is 0 Å². The second kappa shape index (κ2) is 5.59. The summed E-state index contributed by atoms with van der Waals surface area (Å²) in [6, 6.07) is 5.93. The van der Waals surface area contributed by atoms with Crippen molar-refractivity contribution in [1.82, 2.24) is 4.72 Å². The van der Waals surface area contributed by atoms with Crippen LogP contribution in [0.2, 0.25) is 0 Å². The lowest BCUT2D eigenvalue weighted by molar-refractivity contribution is -0.117. The molecule has 7 nitrogen and oxygen atoms in total. The largest absolute Gasteiger partial charge is 0.369 e. The molecular weight excluding hydrogens is 282 g/mol. The minimum atomic E-state index is -3.76. The van der Waals surface area contributed by atoms with Gasteiger partial charge in [-0.1, -0.05) is 0 Å². The average Bonchev–Trinajstić information content (AvgIpc) is 2.83. The quantitative estimate of drug-likeness (QED) is 0.769. The van der Waals surface area contributed by atoms with Crippen LogP contribution in [0, 0.1) is 0 Å². The number of hydrogen-bond donors (Lipinski definition) is 2. The summed E-state index contributed by atoms with van der Waals surface area (Å²) < 4.78 is 25.8. The molecule has 0 spiro atoms. The van der Waals surface area contributed by atoms with Gasteiger partial charge in [0.25, 0.3) is 0 Å². The summed E-state index contributed by atoms with van der Waals surface area (Å²) in [6.07, 6.45) is 1.32. The van der Waals surface area contributed by atoms with Gasteiger partial charge in [-0.15, -0.1) is 0 Å². The molecule has 1 saturated heterocycles. The lowest BCUT2D eigenvalue weighted by Crippen LogP contribution is -2.33. The van der Waals surface area contributed by atoms with Crippen LogP contribution in [0.4, 0.5) is 5.69 Å². The highest BCUT2D eigenvalue weighted by molar-refractivity contribution is 7.89. The molecule has 108 valence electrons. The molecule has 2 amide bonds. The number of sulfonamides is 1. The van der Waals surface area contributed by atoms with Gasteiger partial charge in [-0.25, -0.2) is 13.1 Å². The Morgan fingerprint density at radius 3 is 2.45 bits per heavy atom. The number of anilines is 1. The summed E-state index contributed by atoms with van der Waals surface area (Å²) in [7, 11) is -3.76. The average molecular weight is 297 g/mol. The number of rotatable bonds is 5. The fourth-order valence-electron chi connectivity index (χ4n) is 1.98. The lowest BCUT2D eigenvalue weighted by atomic mass is 10.3. The first-order valence-corrected chi connectivity index (χ1v) is 7.57. The monoisotopic (exact) mass is 297 g/mol. The lowest BCUT2D eigenvalue weighted by Gasteiger charge is -2.16. The van der Waals surface area contributed by atoms with E-state index < -0.39 is 22.5 Å². The molecular formula is C12H15N3O4S. The molecule has 3 N–H and O–H groups in total. The highest BCUT2D eigenvalue weighted by atomic mass is 32.2. The number of carbonyl (C=O) groups excluding carboxylic acids is 2. The van der Waals surface area contributed by atoms with Gasteiger partial charge >= 0.3 is 0 Å². The third-order valence-corrected chi connectivity index (χ3v) is 4.39. The predicted molar refractivity (Wildman–Crippen MR) is 72.4 cm³/mol. The number of carbonyl (C=O) groups is 2. The Balaban J connectivity index is 2.15. The highest BCUT2D eigenvalue weighted by Gasteiger charge is 2.22. The molecule has 0 saturated carbocycles. The zero-order valence-corrected chi connectivity index (χ0v) is 11.5. The van der Waals surface area contributed by atoms with Crippen molar-refractivity contribution in [2.45, 2.75) is 17.7 Å². The van der Waals surface area contributed by atoms with E-state index in [1.54, 1.807) is 17.0 Å². The van der Waals surface area contributed by atoms with Gasteiger partial charge in [-0.2, -0.15) is 0 Å². The van der Waals surface area contributed by atoms with E-state index in [9.17, 15) is 18.0 Å². The molecule has 20 heavy (non-hydrogen) atoms. The number of primary amides is 1. The zero-order valence-electron chi connectivity index (χ0n) is 10.7. The van der Waals surface area contributed by atoms with Crippen LogP contribution in [0.25, 0.3) is 0 Å². The number of nitrogens with one attached hydrogen (secondary N) is 1. The summed E-state index contributed by atoms with van der Waals surface area (Å²) in [5.74, 6) is -0.722. The van der Waals surface area contributed by atoms with Crippen molar-refractivity contribution in [3.8, 4) is 0 Å². The Morgan fingerprint density at radius 1 is 1.30 bits per heavy atom. The van der Waals surface area contributed by atoms with Crippen molar-refractivity contribution < 1.29 is 18.0 Å². The smallest absolute Gasteiger partial charge is 0.241 e. The first-order valence-electron chi connectivity index (χ1n) is 6.08. The maximum atomic E-state index is 11.8. The number of hydrogen-bond acceptors (Lipinski definition) is 4. The fourth-order valence-corrected chi connectivity index (χ4v) is 2.97. The summed E-state index contributed by atoms with van der Waals surface area (Å²) in [5.41, 5.74) is 5.56. The predicted octanol–water partition coefficient (Wildman–Crippen LogP) is -0.423. The molecule has 0 radical (unpaired) electrons. The second-order valence-corrected chi connectivity index (χ2v) is 6.20. The van der Waals surface area contributed by atoms with Crippen LogP contribution in [0.15, 0.2) is 29.2 Å². The molecule has 1 aromatic rings. The number of nitrogens with zero attached hydrogens (tertiary/aromatic N) is 1. The normalized spacial score (nSPS) is 15.6. The molecule has 0 bridgehead atoms. The van der Waals surface area contributed by atoms with Crippen molar-refractivity contribution in [3.63, 3.8) is 0 Å². The Morgan fingerprint density at radius 2 is 1.95 bits per heavy atom. The first kappa shape index (κ1) is 14.5. The number of nitrogens with two attached hydrogens (primary N) is 1. The summed E-state index contributed by atoms with van der Waals surface area (Å²) in [4.78, 5) is 23.8. The Bertz CT molecular complexity index is 625. The molecule has 1 aliphatic heterocycles. The van der Waals surface area contributed by atoms with Crippen LogP contribution >= 0.6 is 0 Å². The van der Waals surface area contributed by atoms with Crippen LogP contribution in [0.5, 0.6) is 0 Å². The minimum Gasteiger partial charge on any atom is -0.369 e. The van der Waals surface area contributed by atoms with E-state index in [4.69, 9.17) is 5.73 Å². The maximum Gasteiger partial charge on any atom is 0.241 e. The Labute approximate surface area is 116 Å². The fraction of sp³-hybridized carbons (Fsp3) is 0.333. The third-order valence-electron chi connectivity index (χ3n) is 2.97. The van der Waals surface area contributed by atoms with Gasteiger partial charge in [0, 0.05) is 18.7 Å². The van der Waals surface area contributed by atoms with E-state index in [-0.39, 0.29) is 10.8 Å². The third kappa shape index (κ3) is 3.14. The van der Waals surface area contributed by atoms with Crippen molar-refractivity contribution in [2.24, 2.45) is 5.73 Å². The molecule has 0 aliphatic carbocycles. The topological polar surface area (TPSA) is 110 Å². The van der Waals surface area contributed by atoms with Gasteiger partial charge in [0.15, 0.2) is 0 Å². The highest BCUT2D eigenvalue weighted by Crippen LogP contribution is 2.22. The zero-order chi connectivity index (χ0) is 14.8. The van der Waals surface area contributed by atoms with Crippen molar-refractivity contribution in [3.05, 3.63) is 24.3 Å². The maximum absolute atomic E-state index is 11.8. The standard InChI is InChI=1S/C12H15N3O4S/c13-11(16)8-14-20(18,19)10-5-3-9(4-6-10)15-7-1-2-12(15)17/h3-6,14H,1-2,7-8H2,(H2,13,16). The van der Waals surface area contributed by atoms with Crippen LogP contribution in [0.3, 0.4) is 0 Å². The Hall–Kier alpha value is -1.93. The van der Waals surface area contributed by atoms with Crippen LogP contribution in [-0.2, 0) is 19.6 Å². The second-order valence-electron chi connectivity index (χ2n) is 4.43. The van der Waals surface area contributed by atoms with Gasteiger partial charge in [0.1, 0.15) is 0 Å². The molecule has 2 rings (SSSR count). The first-order chi connectivity index (χ1) is 9.40. The SMILES string of the molecule is NC(=O)CNS(=O)(=O)c1ccc(N2CCCC2=O)cc1. The number of amides is 2. The van der Waals surface area contributed by atoms with Gasteiger partial charge in [-0.05, 0) is 30.7 Å². The molecule has 1 heterocycles. The van der Waals surface area contributed by atoms with E-state index in [0.29, 0.717) is 18.7 Å². The van der Waals surface area contributed by atoms with E-state index in [1.807, 2.05) is 0 Å². The molecule has 0 atom stereocenters. The van der Waals surface area contributed by atoms with E-state index >= 15 is 0 Å². The molecule has 1 fully saturated rings. The van der Waals surface area contributed by atoms with Crippen molar-refractivity contribution >= 4 is 27.5 Å². The van der Waals surface area contributed by atoms with E-state index in [1.165, 1.54) is 12.1 Å². The van der Waals surface area contributed by atoms with Crippen LogP contribution in [-0.4, -0.2) is 33.3 Å². The molecule has 1 aliphatic rings. The van der Waals surface area contributed by atoms with Crippen LogP contribution < -0.4 is 15.4 Å². The van der Waals surface area contributed by atoms with Crippen LogP contribution in [0.1, 0.15) is 12.8 Å². The van der Waals surface area contributed by atoms with Gasteiger partial charge in [0.05, 0.1) is 11.4 Å². The summed E-state index contributed by atoms with van der Waals surface area (Å²) in [5, 5.41) is 0. The summed E-state index contributed by atoms with van der Waals surface area (Å²) >= 11 is 0. The molecule has 0 aromatic heterocycles. The molecule has 1 aromatic carbocycles. The van der Waals surface area contributed by atoms with E-state index in [2.05, 4.69) is 4.72 Å². The minimum absolute atomic E-state index is 0.0224. The molecule has 8 heteroatoms. The van der Waals surface area contributed by atoms with Gasteiger partial charge in [0.2, 0.25) is 21.8 Å². The van der Waals surface area contributed by atoms with E-state index in [0.717, 1.165) is 6.42 Å². The van der Waals surface area contributed by atoms with Gasteiger partial charge < -0.3 is 10.6 Å². The Kier molecular flexibility index (Phi) is 4.05. The summed E-state index contributed by atoms with van der Waals surface area (Å²) in [6.45, 7) is 0.194. The van der Waals surface area contributed by atoms with Crippen molar-refractivity contribution in [2.75, 3.05) is 18.0 Å². The number of benzene rings is 1.